The number of methoxy groups -OCH3 is 1. The molecule has 0 amide bonds. The zero-order valence-corrected chi connectivity index (χ0v) is 10.9. The number of rotatable bonds is 4. The third-order valence-corrected chi connectivity index (χ3v) is 3.37. The van der Waals surface area contributed by atoms with Crippen molar-refractivity contribution >= 4 is 11.8 Å². The Hall–Kier alpha value is -1.78. The van der Waals surface area contributed by atoms with Gasteiger partial charge in [0.25, 0.3) is 0 Å². The molecule has 0 aromatic carbocycles. The molecule has 0 radical (unpaired) electrons. The average Bonchev–Trinajstić information content (AvgIpc) is 2.96. The number of anilines is 1. The smallest absolute Gasteiger partial charge is 0.360 e. The highest BCUT2D eigenvalue weighted by atomic mass is 16.5. The fourth-order valence-electron chi connectivity index (χ4n) is 2.33. The molecule has 1 aliphatic carbocycles. The lowest BCUT2D eigenvalue weighted by molar-refractivity contribution is 0.0595. The molecule has 0 unspecified atom stereocenters. The molecule has 0 fully saturated rings. The first-order chi connectivity index (χ1) is 8.63. The number of nitrogens with two attached hydrogens (primary N) is 1. The van der Waals surface area contributed by atoms with Crippen LogP contribution in [-0.4, -0.2) is 22.6 Å². The first-order valence-electron chi connectivity index (χ1n) is 6.22. The van der Waals surface area contributed by atoms with E-state index in [1.54, 1.807) is 0 Å². The highest BCUT2D eigenvalue weighted by Crippen LogP contribution is 2.23. The standard InChI is InChI=1S/C13H19N3O2/c1-9-15-11(13(17)18-2)12(14)16(9)8-7-10-5-3-4-6-10/h5H,3-4,6-8,14H2,1-2H3. The first kappa shape index (κ1) is 12.7. The van der Waals surface area contributed by atoms with Crippen LogP contribution >= 0.6 is 0 Å². The number of aryl methyl sites for hydroxylation is 1. The lowest BCUT2D eigenvalue weighted by Crippen LogP contribution is -2.09. The SMILES string of the molecule is COC(=O)c1nc(C)n(CCC2=CCCC2)c1N. The highest BCUT2D eigenvalue weighted by molar-refractivity contribution is 5.92. The quantitative estimate of drug-likeness (QED) is 0.655. The van der Waals surface area contributed by atoms with Gasteiger partial charge in [0, 0.05) is 6.54 Å². The molecule has 0 aliphatic heterocycles. The number of esters is 1. The Balaban J connectivity index is 2.12. The summed E-state index contributed by atoms with van der Waals surface area (Å²) in [5.41, 5.74) is 7.64. The van der Waals surface area contributed by atoms with Gasteiger partial charge in [-0.2, -0.15) is 0 Å². The Labute approximate surface area is 107 Å². The molecule has 18 heavy (non-hydrogen) atoms. The fourth-order valence-corrected chi connectivity index (χ4v) is 2.33. The van der Waals surface area contributed by atoms with E-state index in [2.05, 4.69) is 15.8 Å². The van der Waals surface area contributed by atoms with Gasteiger partial charge in [0.1, 0.15) is 11.6 Å². The van der Waals surface area contributed by atoms with Crippen molar-refractivity contribution in [2.75, 3.05) is 12.8 Å². The van der Waals surface area contributed by atoms with E-state index in [1.807, 2.05) is 11.5 Å². The third kappa shape index (κ3) is 2.39. The Bertz CT molecular complexity index is 489. The van der Waals surface area contributed by atoms with E-state index in [1.165, 1.54) is 31.9 Å². The summed E-state index contributed by atoms with van der Waals surface area (Å²) in [7, 11) is 1.33. The summed E-state index contributed by atoms with van der Waals surface area (Å²) in [6, 6.07) is 0. The minimum Gasteiger partial charge on any atom is -0.464 e. The molecule has 2 N–H and O–H groups in total. The van der Waals surface area contributed by atoms with Crippen molar-refractivity contribution < 1.29 is 9.53 Å². The minimum absolute atomic E-state index is 0.218. The number of hydrogen-bond donors (Lipinski definition) is 1. The Morgan fingerprint density at radius 2 is 2.39 bits per heavy atom. The number of allylic oxidation sites excluding steroid dienone is 2. The second-order valence-electron chi connectivity index (χ2n) is 4.54. The van der Waals surface area contributed by atoms with E-state index in [4.69, 9.17) is 5.73 Å². The van der Waals surface area contributed by atoms with E-state index in [-0.39, 0.29) is 5.69 Å². The molecule has 0 saturated heterocycles. The van der Waals surface area contributed by atoms with Crippen molar-refractivity contribution in [1.29, 1.82) is 0 Å². The van der Waals surface area contributed by atoms with Gasteiger partial charge in [0.15, 0.2) is 5.69 Å². The lowest BCUT2D eigenvalue weighted by atomic mass is 10.1. The maximum atomic E-state index is 11.5. The van der Waals surface area contributed by atoms with Gasteiger partial charge in [0.05, 0.1) is 7.11 Å². The van der Waals surface area contributed by atoms with Gasteiger partial charge < -0.3 is 15.0 Å². The van der Waals surface area contributed by atoms with Crippen LogP contribution in [0.15, 0.2) is 11.6 Å². The summed E-state index contributed by atoms with van der Waals surface area (Å²) in [6.45, 7) is 2.62. The number of hydrogen-bond acceptors (Lipinski definition) is 4. The summed E-state index contributed by atoms with van der Waals surface area (Å²) in [5.74, 6) is 0.680. The zero-order valence-electron chi connectivity index (χ0n) is 10.9. The van der Waals surface area contributed by atoms with E-state index >= 15 is 0 Å². The summed E-state index contributed by atoms with van der Waals surface area (Å²) < 4.78 is 6.54. The van der Waals surface area contributed by atoms with Crippen LogP contribution in [0, 0.1) is 6.92 Å². The van der Waals surface area contributed by atoms with Crippen LogP contribution in [0.2, 0.25) is 0 Å². The molecule has 1 heterocycles. The van der Waals surface area contributed by atoms with E-state index < -0.39 is 5.97 Å². The van der Waals surface area contributed by atoms with Crippen molar-refractivity contribution in [3.8, 4) is 0 Å². The maximum absolute atomic E-state index is 11.5. The molecular weight excluding hydrogens is 230 g/mol. The van der Waals surface area contributed by atoms with Crippen LogP contribution in [0.5, 0.6) is 0 Å². The molecule has 0 bridgehead atoms. The van der Waals surface area contributed by atoms with Crippen LogP contribution < -0.4 is 5.73 Å². The van der Waals surface area contributed by atoms with Gasteiger partial charge in [-0.05, 0) is 32.6 Å². The number of nitrogen functional groups attached to an aromatic ring is 1. The molecular formula is C13H19N3O2. The second kappa shape index (κ2) is 5.25. The van der Waals surface area contributed by atoms with Crippen molar-refractivity contribution in [1.82, 2.24) is 9.55 Å². The monoisotopic (exact) mass is 249 g/mol. The van der Waals surface area contributed by atoms with Crippen LogP contribution in [0.3, 0.4) is 0 Å². The normalized spacial score (nSPS) is 14.7. The number of aromatic nitrogens is 2. The summed E-state index contributed by atoms with van der Waals surface area (Å²) in [4.78, 5) is 15.6. The highest BCUT2D eigenvalue weighted by Gasteiger charge is 2.19. The van der Waals surface area contributed by atoms with Crippen LogP contribution in [0.4, 0.5) is 5.82 Å². The van der Waals surface area contributed by atoms with Crippen molar-refractivity contribution in [3.05, 3.63) is 23.2 Å². The molecule has 1 aromatic rings. The van der Waals surface area contributed by atoms with Gasteiger partial charge in [0.2, 0.25) is 0 Å². The Kier molecular flexibility index (Phi) is 3.69. The summed E-state index contributed by atoms with van der Waals surface area (Å²) >= 11 is 0. The molecule has 0 saturated carbocycles. The van der Waals surface area contributed by atoms with Crippen LogP contribution in [-0.2, 0) is 11.3 Å². The maximum Gasteiger partial charge on any atom is 0.360 e. The molecule has 1 aromatic heterocycles. The third-order valence-electron chi connectivity index (χ3n) is 3.37. The molecule has 5 heteroatoms. The topological polar surface area (TPSA) is 70.1 Å². The summed E-state index contributed by atoms with van der Waals surface area (Å²) in [5, 5.41) is 0. The van der Waals surface area contributed by atoms with E-state index in [0.29, 0.717) is 5.82 Å². The molecule has 0 spiro atoms. The van der Waals surface area contributed by atoms with E-state index in [0.717, 1.165) is 18.8 Å². The Morgan fingerprint density at radius 3 is 3.00 bits per heavy atom. The second-order valence-corrected chi connectivity index (χ2v) is 4.54. The van der Waals surface area contributed by atoms with Gasteiger partial charge >= 0.3 is 5.97 Å². The minimum atomic E-state index is -0.477. The van der Waals surface area contributed by atoms with E-state index in [9.17, 15) is 4.79 Å². The van der Waals surface area contributed by atoms with Gasteiger partial charge in [-0.1, -0.05) is 11.6 Å². The van der Waals surface area contributed by atoms with Crippen molar-refractivity contribution in [2.24, 2.45) is 0 Å². The van der Waals surface area contributed by atoms with Crippen LogP contribution in [0.1, 0.15) is 42.0 Å². The number of imidazole rings is 1. The molecule has 0 atom stereocenters. The predicted octanol–water partition coefficient (Wildman–Crippen LogP) is 2.06. The Morgan fingerprint density at radius 1 is 1.61 bits per heavy atom. The number of ether oxygens (including phenoxy) is 1. The van der Waals surface area contributed by atoms with Crippen molar-refractivity contribution in [2.45, 2.75) is 39.2 Å². The molecule has 98 valence electrons. The zero-order chi connectivity index (χ0) is 13.1. The molecule has 1 aliphatic rings. The van der Waals surface area contributed by atoms with Crippen LogP contribution in [0.25, 0.3) is 0 Å². The summed E-state index contributed by atoms with van der Waals surface area (Å²) in [6.07, 6.45) is 6.88. The number of carbonyl (C=O) groups excluding carboxylic acids is 1. The number of carbonyl (C=O) groups is 1. The van der Waals surface area contributed by atoms with Gasteiger partial charge in [-0.25, -0.2) is 9.78 Å². The van der Waals surface area contributed by atoms with Gasteiger partial charge in [-0.3, -0.25) is 0 Å². The fraction of sp³-hybridized carbons (Fsp3) is 0.538. The van der Waals surface area contributed by atoms with Crippen molar-refractivity contribution in [3.63, 3.8) is 0 Å². The predicted molar refractivity (Wildman–Crippen MR) is 69.3 cm³/mol. The lowest BCUT2D eigenvalue weighted by Gasteiger charge is -2.08. The largest absolute Gasteiger partial charge is 0.464 e. The molecule has 5 nitrogen and oxygen atoms in total. The number of nitrogens with zero attached hydrogens (tertiary/aromatic N) is 2. The van der Waals surface area contributed by atoms with Gasteiger partial charge in [-0.15, -0.1) is 0 Å². The first-order valence-corrected chi connectivity index (χ1v) is 6.22. The molecule has 2 rings (SSSR count). The average molecular weight is 249 g/mol.